The van der Waals surface area contributed by atoms with Crippen molar-refractivity contribution in [3.63, 3.8) is 0 Å². The second-order valence-corrected chi connectivity index (χ2v) is 7.11. The number of nitriles is 1. The minimum Gasteiger partial charge on any atom is -0.497 e. The van der Waals surface area contributed by atoms with Crippen molar-refractivity contribution in [2.75, 3.05) is 18.2 Å². The van der Waals surface area contributed by atoms with Gasteiger partial charge in [-0.1, -0.05) is 6.07 Å². The number of nitrogens with one attached hydrogen (secondary N) is 1. The van der Waals surface area contributed by atoms with Crippen LogP contribution in [0.3, 0.4) is 0 Å². The summed E-state index contributed by atoms with van der Waals surface area (Å²) in [5.41, 5.74) is -3.72. The highest BCUT2D eigenvalue weighted by molar-refractivity contribution is 7.99. The molecule has 0 saturated heterocycles. The van der Waals surface area contributed by atoms with E-state index in [9.17, 15) is 23.1 Å². The fraction of sp³-hybridized carbons (Fsp3) is 0.263. The van der Waals surface area contributed by atoms with Crippen LogP contribution in [0.4, 0.5) is 18.9 Å². The topological polar surface area (TPSA) is 82.3 Å². The zero-order valence-corrected chi connectivity index (χ0v) is 15.8. The van der Waals surface area contributed by atoms with Gasteiger partial charge in [0.25, 0.3) is 5.91 Å². The highest BCUT2D eigenvalue weighted by Gasteiger charge is 2.35. The number of methoxy groups -OCH3 is 1. The number of amides is 1. The van der Waals surface area contributed by atoms with Gasteiger partial charge in [0.15, 0.2) is 0 Å². The van der Waals surface area contributed by atoms with Gasteiger partial charge in [-0.15, -0.1) is 11.8 Å². The van der Waals surface area contributed by atoms with Gasteiger partial charge in [-0.05, 0) is 43.3 Å². The van der Waals surface area contributed by atoms with E-state index in [0.29, 0.717) is 11.8 Å². The van der Waals surface area contributed by atoms with Crippen LogP contribution in [-0.4, -0.2) is 29.5 Å². The lowest BCUT2D eigenvalue weighted by Gasteiger charge is -2.22. The van der Waals surface area contributed by atoms with Crippen LogP contribution in [-0.2, 0) is 11.0 Å². The molecule has 2 aromatic rings. The van der Waals surface area contributed by atoms with Crippen molar-refractivity contribution in [1.29, 1.82) is 5.26 Å². The summed E-state index contributed by atoms with van der Waals surface area (Å²) in [6.07, 6.45) is -4.74. The number of hydrogen-bond donors (Lipinski definition) is 2. The average molecular weight is 410 g/mol. The van der Waals surface area contributed by atoms with Crippen LogP contribution in [0.2, 0.25) is 0 Å². The van der Waals surface area contributed by atoms with Gasteiger partial charge in [-0.25, -0.2) is 0 Å². The Balaban J connectivity index is 2.11. The van der Waals surface area contributed by atoms with E-state index in [0.717, 1.165) is 11.0 Å². The molecule has 0 spiro atoms. The number of rotatable bonds is 6. The number of ether oxygens (including phenoxy) is 1. The van der Waals surface area contributed by atoms with Crippen molar-refractivity contribution >= 4 is 23.4 Å². The van der Waals surface area contributed by atoms with Crippen molar-refractivity contribution in [3.05, 3.63) is 53.6 Å². The summed E-state index contributed by atoms with van der Waals surface area (Å²) in [6.45, 7) is 1.27. The maximum atomic E-state index is 13.0. The van der Waals surface area contributed by atoms with Crippen LogP contribution in [0.25, 0.3) is 0 Å². The van der Waals surface area contributed by atoms with Gasteiger partial charge in [0.2, 0.25) is 0 Å². The van der Waals surface area contributed by atoms with Crippen LogP contribution in [0.15, 0.2) is 47.4 Å². The predicted octanol–water partition coefficient (Wildman–Crippen LogP) is 4.07. The smallest absolute Gasteiger partial charge is 0.417 e. The Bertz CT molecular complexity index is 908. The van der Waals surface area contributed by atoms with Crippen molar-refractivity contribution in [2.24, 2.45) is 0 Å². The van der Waals surface area contributed by atoms with Crippen molar-refractivity contribution in [2.45, 2.75) is 23.6 Å². The van der Waals surface area contributed by atoms with E-state index in [1.54, 1.807) is 24.3 Å². The molecule has 0 radical (unpaired) electrons. The fourth-order valence-electron chi connectivity index (χ4n) is 2.20. The molecule has 9 heteroatoms. The van der Waals surface area contributed by atoms with Crippen LogP contribution in [0.5, 0.6) is 5.75 Å². The number of hydrogen-bond acceptors (Lipinski definition) is 5. The molecule has 28 heavy (non-hydrogen) atoms. The molecule has 0 aliphatic rings. The Morgan fingerprint density at radius 1 is 1.29 bits per heavy atom. The number of carbonyl (C=O) groups excluding carboxylic acids is 1. The minimum absolute atomic E-state index is 0.0333. The molecule has 1 amide bonds. The monoisotopic (exact) mass is 410 g/mol. The third-order valence-corrected chi connectivity index (χ3v) is 5.05. The summed E-state index contributed by atoms with van der Waals surface area (Å²) >= 11 is 1.20. The fourth-order valence-corrected chi connectivity index (χ4v) is 3.15. The first-order valence-electron chi connectivity index (χ1n) is 7.99. The van der Waals surface area contributed by atoms with Crippen molar-refractivity contribution in [1.82, 2.24) is 0 Å². The van der Waals surface area contributed by atoms with E-state index >= 15 is 0 Å². The lowest BCUT2D eigenvalue weighted by molar-refractivity contribution is -0.137. The number of aliphatic hydroxyl groups is 1. The Kier molecular flexibility index (Phi) is 6.59. The van der Waals surface area contributed by atoms with E-state index in [2.05, 4.69) is 5.32 Å². The first-order chi connectivity index (χ1) is 13.1. The van der Waals surface area contributed by atoms with E-state index < -0.39 is 28.8 Å². The molecule has 2 aromatic carbocycles. The molecule has 2 rings (SSSR count). The Morgan fingerprint density at radius 2 is 2.00 bits per heavy atom. The molecule has 1 unspecified atom stereocenters. The summed E-state index contributed by atoms with van der Waals surface area (Å²) in [5.74, 6) is -0.277. The van der Waals surface area contributed by atoms with Gasteiger partial charge in [-0.3, -0.25) is 4.79 Å². The maximum absolute atomic E-state index is 13.0. The normalized spacial score (nSPS) is 13.3. The summed E-state index contributed by atoms with van der Waals surface area (Å²) < 4.78 is 44.2. The number of carbonyl (C=O) groups is 1. The maximum Gasteiger partial charge on any atom is 0.417 e. The number of nitrogens with zero attached hydrogens (tertiary/aromatic N) is 1. The van der Waals surface area contributed by atoms with Crippen LogP contribution < -0.4 is 10.1 Å². The number of anilines is 1. The highest BCUT2D eigenvalue weighted by Crippen LogP contribution is 2.34. The van der Waals surface area contributed by atoms with Crippen LogP contribution >= 0.6 is 11.8 Å². The largest absolute Gasteiger partial charge is 0.497 e. The van der Waals surface area contributed by atoms with Crippen LogP contribution in [0.1, 0.15) is 18.1 Å². The van der Waals surface area contributed by atoms with Gasteiger partial charge in [0, 0.05) is 16.3 Å². The molecule has 0 saturated carbocycles. The molecule has 148 valence electrons. The van der Waals surface area contributed by atoms with Gasteiger partial charge in [0.1, 0.15) is 11.4 Å². The minimum atomic E-state index is -4.74. The summed E-state index contributed by atoms with van der Waals surface area (Å²) in [4.78, 5) is 13.1. The van der Waals surface area contributed by atoms with E-state index in [-0.39, 0.29) is 11.4 Å². The SMILES string of the molecule is COc1cccc(SCC(C)(O)C(=O)Nc2ccc(C#N)c(C(F)(F)F)c2)c1. The number of alkyl halides is 3. The molecule has 5 nitrogen and oxygen atoms in total. The van der Waals surface area contributed by atoms with Crippen molar-refractivity contribution in [3.8, 4) is 11.8 Å². The first-order valence-corrected chi connectivity index (χ1v) is 8.97. The molecular weight excluding hydrogens is 393 g/mol. The third-order valence-electron chi connectivity index (χ3n) is 3.75. The predicted molar refractivity (Wildman–Crippen MR) is 99.1 cm³/mol. The molecule has 0 bridgehead atoms. The van der Waals surface area contributed by atoms with Gasteiger partial charge in [0.05, 0.1) is 24.3 Å². The highest BCUT2D eigenvalue weighted by atomic mass is 32.2. The molecule has 0 fully saturated rings. The van der Waals surface area contributed by atoms with E-state index in [4.69, 9.17) is 10.00 Å². The molecule has 0 aliphatic carbocycles. The van der Waals surface area contributed by atoms with Gasteiger partial charge < -0.3 is 15.2 Å². The van der Waals surface area contributed by atoms with Crippen LogP contribution in [0, 0.1) is 11.3 Å². The molecule has 1 atom stereocenters. The Labute approximate surface area is 164 Å². The summed E-state index contributed by atoms with van der Waals surface area (Å²) in [5, 5.41) is 21.5. The standard InChI is InChI=1S/C19H17F3N2O3S/c1-18(26,11-28-15-5-3-4-14(9-15)27-2)17(25)24-13-7-6-12(10-23)16(8-13)19(20,21)22/h3-9,26H,11H2,1-2H3,(H,24,25). The second-order valence-electron chi connectivity index (χ2n) is 6.07. The number of halogens is 3. The molecular formula is C19H17F3N2O3S. The molecule has 0 aromatic heterocycles. The number of benzene rings is 2. The lowest BCUT2D eigenvalue weighted by Crippen LogP contribution is -2.42. The van der Waals surface area contributed by atoms with E-state index in [1.165, 1.54) is 37.9 Å². The average Bonchev–Trinajstić information content (AvgIpc) is 2.65. The summed E-state index contributed by atoms with van der Waals surface area (Å²) in [7, 11) is 1.51. The van der Waals surface area contributed by atoms with Crippen molar-refractivity contribution < 1.29 is 27.8 Å². The van der Waals surface area contributed by atoms with E-state index in [1.807, 2.05) is 0 Å². The molecule has 0 heterocycles. The zero-order valence-electron chi connectivity index (χ0n) is 15.0. The Hall–Kier alpha value is -2.70. The first kappa shape index (κ1) is 21.6. The van der Waals surface area contributed by atoms with Gasteiger partial charge in [-0.2, -0.15) is 18.4 Å². The number of thioether (sulfide) groups is 1. The zero-order chi connectivity index (χ0) is 20.9. The van der Waals surface area contributed by atoms with Gasteiger partial charge >= 0.3 is 6.18 Å². The lowest BCUT2D eigenvalue weighted by atomic mass is 10.1. The second kappa shape index (κ2) is 8.54. The Morgan fingerprint density at radius 3 is 2.61 bits per heavy atom. The molecule has 0 aliphatic heterocycles. The quantitative estimate of drug-likeness (QED) is 0.702. The summed E-state index contributed by atoms with van der Waals surface area (Å²) in [6, 6.07) is 11.3. The third kappa shape index (κ3) is 5.41. The molecule has 2 N–H and O–H groups in total.